The van der Waals surface area contributed by atoms with E-state index in [9.17, 15) is 16.8 Å². The van der Waals surface area contributed by atoms with Crippen LogP contribution < -0.4 is 9.44 Å². The fraction of sp³-hybridized carbons (Fsp3) is 0.304. The van der Waals surface area contributed by atoms with Gasteiger partial charge in [0.2, 0.25) is 20.0 Å². The Balaban J connectivity index is 1.86. The Labute approximate surface area is 185 Å². The van der Waals surface area contributed by atoms with E-state index < -0.39 is 25.5 Å². The number of aryl methyl sites for hydroxylation is 1. The van der Waals surface area contributed by atoms with Crippen molar-refractivity contribution in [3.05, 3.63) is 84.0 Å². The first-order chi connectivity index (χ1) is 14.7. The van der Waals surface area contributed by atoms with Crippen LogP contribution in [0.4, 0.5) is 5.69 Å². The summed E-state index contributed by atoms with van der Waals surface area (Å²) >= 11 is 0. The van der Waals surface area contributed by atoms with Crippen molar-refractivity contribution < 1.29 is 16.8 Å². The van der Waals surface area contributed by atoms with Gasteiger partial charge in [-0.15, -0.1) is 0 Å². The molecule has 3 rings (SSSR count). The third kappa shape index (κ3) is 5.64. The number of anilines is 1. The summed E-state index contributed by atoms with van der Waals surface area (Å²) in [6.45, 7) is 3.68. The Morgan fingerprint density at radius 2 is 1.58 bits per heavy atom. The SMILES string of the molecule is CCS(=O)(=O)Nc1ccccc1C1(CCNS(=O)(=O)c2ccc(C)cc2)C=CCC=C1. The van der Waals surface area contributed by atoms with Crippen LogP contribution in [0, 0.1) is 6.92 Å². The second-order valence-corrected chi connectivity index (χ2v) is 11.4. The molecule has 2 aromatic rings. The summed E-state index contributed by atoms with van der Waals surface area (Å²) in [5, 5.41) is 0. The lowest BCUT2D eigenvalue weighted by molar-refractivity contribution is 0.555. The summed E-state index contributed by atoms with van der Waals surface area (Å²) < 4.78 is 55.1. The number of benzene rings is 2. The highest BCUT2D eigenvalue weighted by molar-refractivity contribution is 7.92. The lowest BCUT2D eigenvalue weighted by Gasteiger charge is -2.32. The van der Waals surface area contributed by atoms with Crippen LogP contribution >= 0.6 is 0 Å². The first-order valence-electron chi connectivity index (χ1n) is 10.2. The quantitative estimate of drug-likeness (QED) is 0.556. The van der Waals surface area contributed by atoms with E-state index in [0.717, 1.165) is 17.5 Å². The van der Waals surface area contributed by atoms with Crippen LogP contribution in [0.15, 0.2) is 77.7 Å². The molecule has 0 radical (unpaired) electrons. The Bertz CT molecular complexity index is 1170. The maximum atomic E-state index is 12.7. The van der Waals surface area contributed by atoms with E-state index in [1.165, 1.54) is 0 Å². The summed E-state index contributed by atoms with van der Waals surface area (Å²) in [6, 6.07) is 13.9. The van der Waals surface area contributed by atoms with Crippen molar-refractivity contribution in [2.45, 2.75) is 37.0 Å². The Morgan fingerprint density at radius 1 is 0.935 bits per heavy atom. The van der Waals surface area contributed by atoms with Gasteiger partial charge in [-0.2, -0.15) is 0 Å². The predicted octanol–water partition coefficient (Wildman–Crippen LogP) is 3.88. The molecule has 2 aromatic carbocycles. The van der Waals surface area contributed by atoms with Gasteiger partial charge in [0.1, 0.15) is 0 Å². The van der Waals surface area contributed by atoms with Crippen LogP contribution in [0.1, 0.15) is 30.9 Å². The zero-order valence-electron chi connectivity index (χ0n) is 17.7. The van der Waals surface area contributed by atoms with Gasteiger partial charge in [-0.05, 0) is 50.5 Å². The average molecular weight is 461 g/mol. The minimum absolute atomic E-state index is 0.0314. The monoisotopic (exact) mass is 460 g/mol. The number of para-hydroxylation sites is 1. The second-order valence-electron chi connectivity index (χ2n) is 7.59. The Hall–Kier alpha value is -2.42. The van der Waals surface area contributed by atoms with Crippen molar-refractivity contribution in [3.63, 3.8) is 0 Å². The summed E-state index contributed by atoms with van der Waals surface area (Å²) in [6.07, 6.45) is 9.29. The lowest BCUT2D eigenvalue weighted by Crippen LogP contribution is -2.32. The minimum Gasteiger partial charge on any atom is -0.283 e. The molecule has 166 valence electrons. The molecular formula is C23H28N2O4S2. The van der Waals surface area contributed by atoms with Crippen molar-refractivity contribution in [1.82, 2.24) is 4.72 Å². The topological polar surface area (TPSA) is 92.3 Å². The molecule has 0 spiro atoms. The van der Waals surface area contributed by atoms with E-state index in [-0.39, 0.29) is 17.2 Å². The first kappa shape index (κ1) is 23.2. The highest BCUT2D eigenvalue weighted by atomic mass is 32.2. The number of allylic oxidation sites excluding steroid dienone is 4. The molecule has 0 saturated heterocycles. The fourth-order valence-electron chi connectivity index (χ4n) is 3.58. The van der Waals surface area contributed by atoms with Crippen LogP contribution in [-0.2, 0) is 25.5 Å². The van der Waals surface area contributed by atoms with E-state index in [4.69, 9.17) is 0 Å². The molecule has 8 heteroatoms. The van der Waals surface area contributed by atoms with Crippen LogP contribution in [0.3, 0.4) is 0 Å². The summed E-state index contributed by atoms with van der Waals surface area (Å²) in [5.74, 6) is -0.0314. The molecule has 6 nitrogen and oxygen atoms in total. The fourth-order valence-corrected chi connectivity index (χ4v) is 5.27. The number of hydrogen-bond acceptors (Lipinski definition) is 4. The van der Waals surface area contributed by atoms with Crippen LogP contribution in [0.5, 0.6) is 0 Å². The molecule has 0 saturated carbocycles. The summed E-state index contributed by atoms with van der Waals surface area (Å²) in [5.41, 5.74) is 1.65. The van der Waals surface area contributed by atoms with E-state index in [0.29, 0.717) is 12.1 Å². The van der Waals surface area contributed by atoms with E-state index in [2.05, 4.69) is 9.44 Å². The predicted molar refractivity (Wildman–Crippen MR) is 125 cm³/mol. The molecule has 0 heterocycles. The molecule has 0 aromatic heterocycles. The molecule has 0 unspecified atom stereocenters. The summed E-state index contributed by atoms with van der Waals surface area (Å²) in [4.78, 5) is 0.220. The number of rotatable bonds is 9. The maximum Gasteiger partial charge on any atom is 0.240 e. The first-order valence-corrected chi connectivity index (χ1v) is 13.3. The van der Waals surface area contributed by atoms with Gasteiger partial charge in [0.05, 0.1) is 16.3 Å². The van der Waals surface area contributed by atoms with Gasteiger partial charge < -0.3 is 0 Å². The van der Waals surface area contributed by atoms with Gasteiger partial charge in [-0.25, -0.2) is 21.6 Å². The van der Waals surface area contributed by atoms with Crippen molar-refractivity contribution in [3.8, 4) is 0 Å². The molecule has 0 amide bonds. The average Bonchev–Trinajstić information content (AvgIpc) is 2.75. The smallest absolute Gasteiger partial charge is 0.240 e. The molecule has 31 heavy (non-hydrogen) atoms. The molecule has 0 atom stereocenters. The largest absolute Gasteiger partial charge is 0.283 e. The minimum atomic E-state index is -3.64. The third-order valence-corrected chi connectivity index (χ3v) is 8.11. The number of hydrogen-bond donors (Lipinski definition) is 2. The summed E-state index contributed by atoms with van der Waals surface area (Å²) in [7, 11) is -7.09. The van der Waals surface area contributed by atoms with E-state index >= 15 is 0 Å². The standard InChI is InChI=1S/C23H28N2O4S2/c1-3-30(26,27)25-22-10-6-5-9-21(22)23(15-7-4-8-16-23)17-18-24-31(28,29)20-13-11-19(2)12-14-20/h5-16,24-25H,3-4,17-18H2,1-2H3. The lowest BCUT2D eigenvalue weighted by atomic mass is 9.74. The molecule has 2 N–H and O–H groups in total. The van der Waals surface area contributed by atoms with Crippen LogP contribution in [-0.4, -0.2) is 29.1 Å². The van der Waals surface area contributed by atoms with Crippen LogP contribution in [0.25, 0.3) is 0 Å². The van der Waals surface area contributed by atoms with Crippen molar-refractivity contribution >= 4 is 25.7 Å². The van der Waals surface area contributed by atoms with E-state index in [1.807, 2.05) is 43.4 Å². The van der Waals surface area contributed by atoms with E-state index in [1.54, 1.807) is 43.3 Å². The zero-order chi connectivity index (χ0) is 22.5. The number of sulfonamides is 2. The molecular weight excluding hydrogens is 432 g/mol. The van der Waals surface area contributed by atoms with Gasteiger partial charge in [-0.1, -0.05) is 60.2 Å². The molecule has 0 aliphatic heterocycles. The van der Waals surface area contributed by atoms with Crippen molar-refractivity contribution in [2.75, 3.05) is 17.0 Å². The molecule has 0 fully saturated rings. The molecule has 0 bridgehead atoms. The van der Waals surface area contributed by atoms with Gasteiger partial charge in [0.25, 0.3) is 0 Å². The van der Waals surface area contributed by atoms with Crippen LogP contribution in [0.2, 0.25) is 0 Å². The highest BCUT2D eigenvalue weighted by Crippen LogP contribution is 2.38. The van der Waals surface area contributed by atoms with Crippen molar-refractivity contribution in [2.24, 2.45) is 0 Å². The normalized spacial score (nSPS) is 15.7. The molecule has 1 aliphatic carbocycles. The Kier molecular flexibility index (Phi) is 7.03. The highest BCUT2D eigenvalue weighted by Gasteiger charge is 2.31. The van der Waals surface area contributed by atoms with Gasteiger partial charge >= 0.3 is 0 Å². The van der Waals surface area contributed by atoms with Crippen molar-refractivity contribution in [1.29, 1.82) is 0 Å². The maximum absolute atomic E-state index is 12.7. The zero-order valence-corrected chi connectivity index (χ0v) is 19.3. The van der Waals surface area contributed by atoms with Gasteiger partial charge in [0, 0.05) is 12.0 Å². The molecule has 1 aliphatic rings. The Morgan fingerprint density at radius 3 is 2.23 bits per heavy atom. The number of nitrogens with one attached hydrogen (secondary N) is 2. The third-order valence-electron chi connectivity index (χ3n) is 5.34. The second kappa shape index (κ2) is 9.38. The van der Waals surface area contributed by atoms with Gasteiger partial charge in [-0.3, -0.25) is 4.72 Å². The van der Waals surface area contributed by atoms with Gasteiger partial charge in [0.15, 0.2) is 0 Å².